The Hall–Kier alpha value is -3.30. The van der Waals surface area contributed by atoms with Gasteiger partial charge in [0.05, 0.1) is 17.8 Å². The first-order valence-corrected chi connectivity index (χ1v) is 7.51. The zero-order chi connectivity index (χ0) is 18.7. The Labute approximate surface area is 145 Å². The number of rotatable bonds is 5. The maximum atomic E-state index is 12.4. The van der Waals surface area contributed by atoms with Crippen LogP contribution in [0.5, 0.6) is 5.75 Å². The number of benzene rings is 1. The molecule has 0 unspecified atom stereocenters. The number of alkyl halides is 3. The molecule has 0 aliphatic heterocycles. The zero-order valence-electron chi connectivity index (χ0n) is 13.5. The molecular formula is C16H14F3N5O2. The average Bonchev–Trinajstić information content (AvgIpc) is 3.20. The van der Waals surface area contributed by atoms with Crippen molar-refractivity contribution in [3.8, 4) is 17.1 Å². The number of ether oxygens (including phenoxy) is 1. The van der Waals surface area contributed by atoms with Crippen LogP contribution in [0.3, 0.4) is 0 Å². The Morgan fingerprint density at radius 3 is 2.54 bits per heavy atom. The molecule has 1 aromatic carbocycles. The summed E-state index contributed by atoms with van der Waals surface area (Å²) in [5.41, 5.74) is 2.45. The molecule has 2 aromatic heterocycles. The van der Waals surface area contributed by atoms with Gasteiger partial charge in [0.25, 0.3) is 5.91 Å². The van der Waals surface area contributed by atoms with Crippen molar-refractivity contribution < 1.29 is 22.7 Å². The summed E-state index contributed by atoms with van der Waals surface area (Å²) in [6.45, 7) is 1.90. The van der Waals surface area contributed by atoms with Crippen LogP contribution in [-0.2, 0) is 6.54 Å². The SMILES string of the molecule is Cc1cc(-c2cc(CNC(=O)c3ccccc3OC(F)(F)F)[nH]n2)n[nH]1. The number of amides is 1. The van der Waals surface area contributed by atoms with Crippen LogP contribution in [0.1, 0.15) is 21.7 Å². The molecule has 0 aliphatic carbocycles. The molecule has 0 aliphatic rings. The van der Waals surface area contributed by atoms with Crippen molar-refractivity contribution in [2.45, 2.75) is 19.8 Å². The maximum Gasteiger partial charge on any atom is 0.573 e. The highest BCUT2D eigenvalue weighted by atomic mass is 19.4. The van der Waals surface area contributed by atoms with Crippen molar-refractivity contribution in [1.29, 1.82) is 0 Å². The number of carbonyl (C=O) groups is 1. The number of hydrogen-bond donors (Lipinski definition) is 3. The van der Waals surface area contributed by atoms with E-state index >= 15 is 0 Å². The Balaban J connectivity index is 1.67. The molecule has 0 bridgehead atoms. The van der Waals surface area contributed by atoms with E-state index in [9.17, 15) is 18.0 Å². The number of carbonyl (C=O) groups excluding carboxylic acids is 1. The number of H-pyrrole nitrogens is 2. The number of aromatic amines is 2. The third-order valence-corrected chi connectivity index (χ3v) is 3.40. The molecule has 3 rings (SSSR count). The van der Waals surface area contributed by atoms with Gasteiger partial charge in [-0.05, 0) is 31.2 Å². The van der Waals surface area contributed by atoms with Gasteiger partial charge in [-0.3, -0.25) is 15.0 Å². The first kappa shape index (κ1) is 17.5. The van der Waals surface area contributed by atoms with Gasteiger partial charge in [-0.2, -0.15) is 10.2 Å². The van der Waals surface area contributed by atoms with Gasteiger partial charge in [-0.1, -0.05) is 12.1 Å². The van der Waals surface area contributed by atoms with Crippen LogP contribution >= 0.6 is 0 Å². The van der Waals surface area contributed by atoms with E-state index in [1.165, 1.54) is 18.2 Å². The number of para-hydroxylation sites is 1. The number of nitrogens with zero attached hydrogens (tertiary/aromatic N) is 2. The lowest BCUT2D eigenvalue weighted by Crippen LogP contribution is -2.25. The normalized spacial score (nSPS) is 11.4. The summed E-state index contributed by atoms with van der Waals surface area (Å²) in [5, 5.41) is 16.2. The topological polar surface area (TPSA) is 95.7 Å². The van der Waals surface area contributed by atoms with E-state index in [4.69, 9.17) is 0 Å². The third kappa shape index (κ3) is 4.21. The Morgan fingerprint density at radius 1 is 1.15 bits per heavy atom. The van der Waals surface area contributed by atoms with Gasteiger partial charge in [0.2, 0.25) is 0 Å². The minimum Gasteiger partial charge on any atom is -0.405 e. The van der Waals surface area contributed by atoms with E-state index in [-0.39, 0.29) is 12.1 Å². The molecule has 10 heteroatoms. The summed E-state index contributed by atoms with van der Waals surface area (Å²) in [7, 11) is 0. The first-order chi connectivity index (χ1) is 12.3. The van der Waals surface area contributed by atoms with Crippen LogP contribution in [-0.4, -0.2) is 32.7 Å². The summed E-state index contributed by atoms with van der Waals surface area (Å²) in [6.07, 6.45) is -4.88. The van der Waals surface area contributed by atoms with Crippen LogP contribution in [0, 0.1) is 6.92 Å². The molecule has 0 fully saturated rings. The number of aromatic nitrogens is 4. The molecule has 2 heterocycles. The van der Waals surface area contributed by atoms with E-state index in [0.29, 0.717) is 17.1 Å². The van der Waals surface area contributed by atoms with E-state index < -0.39 is 18.0 Å². The second-order valence-corrected chi connectivity index (χ2v) is 5.44. The largest absolute Gasteiger partial charge is 0.573 e. The van der Waals surface area contributed by atoms with Gasteiger partial charge in [0, 0.05) is 5.69 Å². The summed E-state index contributed by atoms with van der Waals surface area (Å²) >= 11 is 0. The molecular weight excluding hydrogens is 351 g/mol. The lowest BCUT2D eigenvalue weighted by atomic mass is 10.2. The molecule has 1 amide bonds. The summed E-state index contributed by atoms with van der Waals surface area (Å²) in [6, 6.07) is 8.63. The second kappa shape index (κ2) is 6.90. The van der Waals surface area contributed by atoms with Gasteiger partial charge in [0.15, 0.2) is 0 Å². The molecule has 0 radical (unpaired) electrons. The van der Waals surface area contributed by atoms with E-state index in [1.54, 1.807) is 6.07 Å². The van der Waals surface area contributed by atoms with Gasteiger partial charge < -0.3 is 10.1 Å². The minimum absolute atomic E-state index is 0.0512. The standard InChI is InChI=1S/C16H14F3N5O2/c1-9-6-12(23-21-9)13-7-10(22-24-13)8-20-15(25)11-4-2-3-5-14(11)26-16(17,18)19/h2-7H,8H2,1H3,(H,20,25)(H,21,23)(H,22,24). The quantitative estimate of drug-likeness (QED) is 0.648. The molecule has 7 nitrogen and oxygen atoms in total. The molecule has 3 aromatic rings. The monoisotopic (exact) mass is 365 g/mol. The fourth-order valence-corrected chi connectivity index (χ4v) is 2.27. The van der Waals surface area contributed by atoms with Crippen molar-refractivity contribution in [3.05, 3.63) is 53.3 Å². The van der Waals surface area contributed by atoms with Crippen molar-refractivity contribution in [1.82, 2.24) is 25.7 Å². The lowest BCUT2D eigenvalue weighted by molar-refractivity contribution is -0.274. The number of aryl methyl sites for hydroxylation is 1. The molecule has 3 N–H and O–H groups in total. The number of halogens is 3. The molecule has 0 atom stereocenters. The van der Waals surface area contributed by atoms with Gasteiger partial charge in [0.1, 0.15) is 17.1 Å². The molecule has 136 valence electrons. The highest BCUT2D eigenvalue weighted by Gasteiger charge is 2.32. The molecule has 0 spiro atoms. The number of nitrogens with one attached hydrogen (secondary N) is 3. The van der Waals surface area contributed by atoms with Crippen molar-refractivity contribution in [2.75, 3.05) is 0 Å². The maximum absolute atomic E-state index is 12.4. The predicted molar refractivity (Wildman–Crippen MR) is 85.2 cm³/mol. The second-order valence-electron chi connectivity index (χ2n) is 5.44. The fourth-order valence-electron chi connectivity index (χ4n) is 2.27. The highest BCUT2D eigenvalue weighted by molar-refractivity contribution is 5.96. The highest BCUT2D eigenvalue weighted by Crippen LogP contribution is 2.26. The Bertz CT molecular complexity index is 917. The molecule has 0 saturated heterocycles. The van der Waals surface area contributed by atoms with E-state index in [1.807, 2.05) is 13.0 Å². The van der Waals surface area contributed by atoms with Gasteiger partial charge in [-0.15, -0.1) is 13.2 Å². The van der Waals surface area contributed by atoms with Crippen molar-refractivity contribution in [2.24, 2.45) is 0 Å². The first-order valence-electron chi connectivity index (χ1n) is 7.51. The summed E-state index contributed by atoms with van der Waals surface area (Å²) in [5.74, 6) is -1.26. The molecule has 26 heavy (non-hydrogen) atoms. The van der Waals surface area contributed by atoms with Crippen LogP contribution < -0.4 is 10.1 Å². The average molecular weight is 365 g/mol. The molecule has 0 saturated carbocycles. The number of hydrogen-bond acceptors (Lipinski definition) is 4. The predicted octanol–water partition coefficient (Wildman–Crippen LogP) is 2.94. The van der Waals surface area contributed by atoms with E-state index in [2.05, 4.69) is 30.4 Å². The summed E-state index contributed by atoms with van der Waals surface area (Å²) in [4.78, 5) is 12.2. The van der Waals surface area contributed by atoms with Crippen LogP contribution in [0.2, 0.25) is 0 Å². The Morgan fingerprint density at radius 2 is 1.85 bits per heavy atom. The third-order valence-electron chi connectivity index (χ3n) is 3.40. The summed E-state index contributed by atoms with van der Waals surface area (Å²) < 4.78 is 41.2. The lowest BCUT2D eigenvalue weighted by Gasteiger charge is -2.12. The van der Waals surface area contributed by atoms with Crippen molar-refractivity contribution in [3.63, 3.8) is 0 Å². The van der Waals surface area contributed by atoms with Crippen LogP contribution in [0.15, 0.2) is 36.4 Å². The van der Waals surface area contributed by atoms with Crippen LogP contribution in [0.25, 0.3) is 11.4 Å². The fraction of sp³-hybridized carbons (Fsp3) is 0.188. The zero-order valence-corrected chi connectivity index (χ0v) is 13.5. The van der Waals surface area contributed by atoms with Gasteiger partial charge >= 0.3 is 6.36 Å². The van der Waals surface area contributed by atoms with Crippen LogP contribution in [0.4, 0.5) is 13.2 Å². The minimum atomic E-state index is -4.88. The smallest absolute Gasteiger partial charge is 0.405 e. The Kier molecular flexibility index (Phi) is 4.65. The van der Waals surface area contributed by atoms with Gasteiger partial charge in [-0.25, -0.2) is 0 Å². The van der Waals surface area contributed by atoms with E-state index in [0.717, 1.165) is 11.8 Å². The van der Waals surface area contributed by atoms with Crippen molar-refractivity contribution >= 4 is 5.91 Å².